The number of carbonyl (C=O) groups excluding carboxylic acids is 1. The van der Waals surface area contributed by atoms with Crippen molar-refractivity contribution in [1.82, 2.24) is 15.3 Å². The van der Waals surface area contributed by atoms with Crippen LogP contribution in [0.5, 0.6) is 0 Å². The Balaban J connectivity index is 1.59. The van der Waals surface area contributed by atoms with Gasteiger partial charge in [0.25, 0.3) is 0 Å². The maximum absolute atomic E-state index is 12.1. The number of benzene rings is 1. The second kappa shape index (κ2) is 4.64. The molecular weight excluding hydrogens is 226 g/mol. The van der Waals surface area contributed by atoms with Crippen LogP contribution in [0.4, 0.5) is 0 Å². The molecule has 0 unspecified atom stereocenters. The van der Waals surface area contributed by atoms with Gasteiger partial charge in [-0.25, -0.2) is 4.98 Å². The summed E-state index contributed by atoms with van der Waals surface area (Å²) in [5.41, 5.74) is 2.60. The van der Waals surface area contributed by atoms with Gasteiger partial charge < -0.3 is 10.3 Å². The average molecular weight is 241 g/mol. The Morgan fingerprint density at radius 2 is 2.06 bits per heavy atom. The molecule has 1 aliphatic rings. The van der Waals surface area contributed by atoms with Gasteiger partial charge in [-0.15, -0.1) is 0 Å². The molecule has 3 rings (SSSR count). The fraction of sp³-hybridized carbons (Fsp3) is 0.286. The second-order valence-electron chi connectivity index (χ2n) is 4.63. The third-order valence-electron chi connectivity index (χ3n) is 3.41. The lowest BCUT2D eigenvalue weighted by Crippen LogP contribution is -2.31. The van der Waals surface area contributed by atoms with Crippen LogP contribution in [0.3, 0.4) is 0 Å². The summed E-state index contributed by atoms with van der Waals surface area (Å²) in [5, 5.41) is 2.93. The van der Waals surface area contributed by atoms with Crippen LogP contribution in [0.15, 0.2) is 36.7 Å². The van der Waals surface area contributed by atoms with E-state index < -0.39 is 0 Å². The van der Waals surface area contributed by atoms with E-state index in [1.54, 1.807) is 12.4 Å². The van der Waals surface area contributed by atoms with Crippen molar-refractivity contribution in [3.05, 3.63) is 53.6 Å². The van der Waals surface area contributed by atoms with E-state index in [0.29, 0.717) is 6.54 Å². The van der Waals surface area contributed by atoms with Gasteiger partial charge in [0.15, 0.2) is 0 Å². The van der Waals surface area contributed by atoms with Gasteiger partial charge in [-0.3, -0.25) is 4.79 Å². The van der Waals surface area contributed by atoms with Crippen molar-refractivity contribution >= 4 is 5.91 Å². The molecular formula is C14H15N3O. The Kier molecular flexibility index (Phi) is 2.84. The number of aromatic nitrogens is 2. The van der Waals surface area contributed by atoms with Crippen molar-refractivity contribution in [2.24, 2.45) is 5.92 Å². The number of carbonyl (C=O) groups is 1. The Morgan fingerprint density at radius 1 is 1.33 bits per heavy atom. The van der Waals surface area contributed by atoms with Crippen molar-refractivity contribution in [3.8, 4) is 0 Å². The van der Waals surface area contributed by atoms with Gasteiger partial charge in [0.05, 0.1) is 6.54 Å². The first kappa shape index (κ1) is 11.0. The quantitative estimate of drug-likeness (QED) is 0.854. The Bertz CT molecular complexity index is 523. The normalized spacial score (nSPS) is 14.4. The summed E-state index contributed by atoms with van der Waals surface area (Å²) in [6.07, 6.45) is 5.14. The highest BCUT2D eigenvalue weighted by Crippen LogP contribution is 2.26. The number of nitrogens with one attached hydrogen (secondary N) is 2. The third kappa shape index (κ3) is 2.14. The first-order chi connectivity index (χ1) is 8.83. The predicted molar refractivity (Wildman–Crippen MR) is 67.8 cm³/mol. The van der Waals surface area contributed by atoms with Crippen molar-refractivity contribution in [1.29, 1.82) is 0 Å². The van der Waals surface area contributed by atoms with E-state index in [1.165, 1.54) is 11.1 Å². The van der Waals surface area contributed by atoms with Crippen LogP contribution < -0.4 is 5.32 Å². The predicted octanol–water partition coefficient (Wildman–Crippen LogP) is 1.44. The zero-order valence-electron chi connectivity index (χ0n) is 10.0. The molecule has 0 saturated heterocycles. The lowest BCUT2D eigenvalue weighted by atomic mass is 10.1. The molecule has 1 aromatic carbocycles. The van der Waals surface area contributed by atoms with Crippen LogP contribution in [0, 0.1) is 5.92 Å². The number of imidazole rings is 1. The molecule has 0 radical (unpaired) electrons. The molecule has 4 heteroatoms. The summed E-state index contributed by atoms with van der Waals surface area (Å²) < 4.78 is 0. The number of H-pyrrole nitrogens is 1. The minimum atomic E-state index is 0.0670. The van der Waals surface area contributed by atoms with E-state index in [1.807, 2.05) is 12.1 Å². The molecule has 2 N–H and O–H groups in total. The van der Waals surface area contributed by atoms with Gasteiger partial charge in [-0.1, -0.05) is 24.3 Å². The minimum absolute atomic E-state index is 0.0670. The van der Waals surface area contributed by atoms with Crippen molar-refractivity contribution in [2.75, 3.05) is 0 Å². The van der Waals surface area contributed by atoms with Crippen LogP contribution in [-0.2, 0) is 24.2 Å². The van der Waals surface area contributed by atoms with Gasteiger partial charge >= 0.3 is 0 Å². The van der Waals surface area contributed by atoms with Gasteiger partial charge in [-0.2, -0.15) is 0 Å². The smallest absolute Gasteiger partial charge is 0.224 e. The zero-order valence-corrected chi connectivity index (χ0v) is 10.0. The van der Waals surface area contributed by atoms with Crippen molar-refractivity contribution < 1.29 is 4.79 Å². The molecule has 1 amide bonds. The van der Waals surface area contributed by atoms with Crippen LogP contribution in [0.25, 0.3) is 0 Å². The number of hydrogen-bond acceptors (Lipinski definition) is 2. The monoisotopic (exact) mass is 241 g/mol. The summed E-state index contributed by atoms with van der Waals surface area (Å²) in [6, 6.07) is 8.27. The van der Waals surface area contributed by atoms with Gasteiger partial charge in [0.1, 0.15) is 5.82 Å². The van der Waals surface area contributed by atoms with E-state index in [-0.39, 0.29) is 11.8 Å². The Labute approximate surface area is 105 Å². The molecule has 4 nitrogen and oxygen atoms in total. The van der Waals surface area contributed by atoms with E-state index in [0.717, 1.165) is 18.7 Å². The lowest BCUT2D eigenvalue weighted by Gasteiger charge is -2.09. The topological polar surface area (TPSA) is 57.8 Å². The van der Waals surface area contributed by atoms with Gasteiger partial charge in [0.2, 0.25) is 5.91 Å². The molecule has 1 aromatic heterocycles. The zero-order chi connectivity index (χ0) is 12.4. The highest BCUT2D eigenvalue weighted by atomic mass is 16.1. The van der Waals surface area contributed by atoms with E-state index in [9.17, 15) is 4.79 Å². The molecule has 0 bridgehead atoms. The third-order valence-corrected chi connectivity index (χ3v) is 3.41. The maximum atomic E-state index is 12.1. The SMILES string of the molecule is O=C(NCc1ncc[nH]1)C1Cc2ccccc2C1. The van der Waals surface area contributed by atoms with E-state index in [2.05, 4.69) is 27.4 Å². The summed E-state index contributed by atoms with van der Waals surface area (Å²) in [5.74, 6) is 0.971. The fourth-order valence-corrected chi connectivity index (χ4v) is 2.45. The highest BCUT2D eigenvalue weighted by molar-refractivity contribution is 5.80. The number of hydrogen-bond donors (Lipinski definition) is 2. The number of aromatic amines is 1. The number of nitrogens with zero attached hydrogens (tertiary/aromatic N) is 1. The molecule has 1 aliphatic carbocycles. The fourth-order valence-electron chi connectivity index (χ4n) is 2.45. The van der Waals surface area contributed by atoms with Crippen LogP contribution in [0.1, 0.15) is 17.0 Å². The van der Waals surface area contributed by atoms with Crippen LogP contribution >= 0.6 is 0 Å². The van der Waals surface area contributed by atoms with Gasteiger partial charge in [0, 0.05) is 18.3 Å². The Morgan fingerprint density at radius 3 is 2.67 bits per heavy atom. The molecule has 0 atom stereocenters. The molecule has 0 fully saturated rings. The molecule has 92 valence electrons. The van der Waals surface area contributed by atoms with Crippen LogP contribution in [0.2, 0.25) is 0 Å². The van der Waals surface area contributed by atoms with E-state index >= 15 is 0 Å². The first-order valence-corrected chi connectivity index (χ1v) is 6.15. The minimum Gasteiger partial charge on any atom is -0.349 e. The van der Waals surface area contributed by atoms with E-state index in [4.69, 9.17) is 0 Å². The van der Waals surface area contributed by atoms with Crippen molar-refractivity contribution in [3.63, 3.8) is 0 Å². The van der Waals surface area contributed by atoms with Crippen molar-refractivity contribution in [2.45, 2.75) is 19.4 Å². The molecule has 0 spiro atoms. The van der Waals surface area contributed by atoms with Crippen LogP contribution in [-0.4, -0.2) is 15.9 Å². The largest absolute Gasteiger partial charge is 0.349 e. The summed E-state index contributed by atoms with van der Waals surface area (Å²) in [6.45, 7) is 0.471. The standard InChI is InChI=1S/C14H15N3O/c18-14(17-9-13-15-5-6-16-13)12-7-10-3-1-2-4-11(10)8-12/h1-6,12H,7-9H2,(H,15,16)(H,17,18). The maximum Gasteiger partial charge on any atom is 0.224 e. The van der Waals surface area contributed by atoms with Gasteiger partial charge in [-0.05, 0) is 24.0 Å². The Hall–Kier alpha value is -2.10. The molecule has 0 aliphatic heterocycles. The highest BCUT2D eigenvalue weighted by Gasteiger charge is 2.26. The number of fused-ring (bicyclic) bond motifs is 1. The molecule has 2 aromatic rings. The second-order valence-corrected chi connectivity index (χ2v) is 4.63. The summed E-state index contributed by atoms with van der Waals surface area (Å²) >= 11 is 0. The lowest BCUT2D eigenvalue weighted by molar-refractivity contribution is -0.124. The first-order valence-electron chi connectivity index (χ1n) is 6.15. The summed E-state index contributed by atoms with van der Waals surface area (Å²) in [7, 11) is 0. The number of rotatable bonds is 3. The molecule has 18 heavy (non-hydrogen) atoms. The average Bonchev–Trinajstić information content (AvgIpc) is 3.04. The number of amides is 1. The summed E-state index contributed by atoms with van der Waals surface area (Å²) in [4.78, 5) is 19.1. The molecule has 1 heterocycles. The molecule has 0 saturated carbocycles.